The SMILES string of the molecule is COC(=O)[C@H]1O[C@@H](N(c2ccc3c(c2)OCCO3)c2ccc3cccc(Cl)c3n2)[C@H](OC(C)=O)[C@@H](OC(C)=O)[C@@H]1OC(C)=O. The van der Waals surface area contributed by atoms with E-state index in [-0.39, 0.29) is 5.82 Å². The predicted octanol–water partition coefficient (Wildman–Crippen LogP) is 3.49. The summed E-state index contributed by atoms with van der Waals surface area (Å²) in [5, 5.41) is 1.11. The number of hydrogen-bond donors (Lipinski definition) is 0. The lowest BCUT2D eigenvalue weighted by molar-refractivity contribution is -0.247. The highest BCUT2D eigenvalue weighted by molar-refractivity contribution is 6.35. The van der Waals surface area contributed by atoms with Crippen LogP contribution in [0.15, 0.2) is 48.5 Å². The van der Waals surface area contributed by atoms with Gasteiger partial charge in [0, 0.05) is 37.9 Å². The van der Waals surface area contributed by atoms with Gasteiger partial charge >= 0.3 is 23.9 Å². The van der Waals surface area contributed by atoms with Crippen molar-refractivity contribution in [1.29, 1.82) is 0 Å². The molecule has 2 aromatic carbocycles. The van der Waals surface area contributed by atoms with Crippen LogP contribution in [-0.2, 0) is 42.9 Å². The van der Waals surface area contributed by atoms with Crippen LogP contribution in [0, 0.1) is 0 Å². The molecule has 3 heterocycles. The molecule has 5 atom stereocenters. The van der Waals surface area contributed by atoms with E-state index in [4.69, 9.17) is 49.7 Å². The van der Waals surface area contributed by atoms with E-state index < -0.39 is 54.5 Å². The number of nitrogens with zero attached hydrogens (tertiary/aromatic N) is 2. The first-order chi connectivity index (χ1) is 21.1. The lowest BCUT2D eigenvalue weighted by Crippen LogP contribution is -2.66. The molecule has 0 bridgehead atoms. The van der Waals surface area contributed by atoms with Gasteiger partial charge < -0.3 is 33.2 Å². The standard InChI is InChI=1S/C30H29ClN2O11/c1-15(34)41-25-26(42-16(2)35)28(30(37)38-4)44-29(27(25)43-17(3)36)33(19-9-10-21-22(14-19)40-13-12-39-21)23-11-8-18-6-5-7-20(31)24(18)32-23/h5-11,14,25-29H,12-13H2,1-4H3/t25-,26-,27+,28-,29+/m0/s1. The van der Waals surface area contributed by atoms with Crippen LogP contribution in [0.3, 0.4) is 0 Å². The van der Waals surface area contributed by atoms with Crippen molar-refractivity contribution in [3.8, 4) is 11.5 Å². The Labute approximate surface area is 256 Å². The third kappa shape index (κ3) is 6.33. The van der Waals surface area contributed by atoms with Crippen molar-refractivity contribution in [3.63, 3.8) is 0 Å². The van der Waals surface area contributed by atoms with E-state index in [1.165, 1.54) is 4.90 Å². The molecule has 0 saturated carbocycles. The molecule has 1 fully saturated rings. The highest BCUT2D eigenvalue weighted by Gasteiger charge is 2.56. The zero-order valence-corrected chi connectivity index (χ0v) is 24.9. The molecule has 0 aliphatic carbocycles. The summed E-state index contributed by atoms with van der Waals surface area (Å²) in [6.45, 7) is 4.05. The third-order valence-corrected chi connectivity index (χ3v) is 7.12. The molecule has 0 unspecified atom stereocenters. The van der Waals surface area contributed by atoms with Gasteiger partial charge in [-0.15, -0.1) is 0 Å². The van der Waals surface area contributed by atoms with Gasteiger partial charge in [-0.25, -0.2) is 9.78 Å². The molecule has 2 aliphatic rings. The molecule has 14 heteroatoms. The second kappa shape index (κ2) is 12.9. The Morgan fingerprint density at radius 2 is 1.50 bits per heavy atom. The van der Waals surface area contributed by atoms with Crippen LogP contribution < -0.4 is 14.4 Å². The van der Waals surface area contributed by atoms with E-state index in [0.717, 1.165) is 33.3 Å². The van der Waals surface area contributed by atoms with E-state index in [1.54, 1.807) is 42.5 Å². The zero-order valence-electron chi connectivity index (χ0n) is 24.2. The Hall–Kier alpha value is -4.62. The Morgan fingerprint density at radius 1 is 0.841 bits per heavy atom. The topological polar surface area (TPSA) is 149 Å². The summed E-state index contributed by atoms with van der Waals surface area (Å²) < 4.78 is 39.5. The van der Waals surface area contributed by atoms with E-state index in [1.807, 2.05) is 6.07 Å². The van der Waals surface area contributed by atoms with Gasteiger partial charge in [0.2, 0.25) is 0 Å². The molecule has 3 aromatic rings. The van der Waals surface area contributed by atoms with E-state index in [2.05, 4.69) is 0 Å². The Balaban J connectivity index is 1.74. The number of fused-ring (bicyclic) bond motifs is 2. The van der Waals surface area contributed by atoms with Gasteiger partial charge in [0.1, 0.15) is 19.0 Å². The number of esters is 4. The number of pyridine rings is 1. The lowest BCUT2D eigenvalue weighted by atomic mass is 9.95. The number of anilines is 2. The van der Waals surface area contributed by atoms with Crippen molar-refractivity contribution in [2.24, 2.45) is 0 Å². The fourth-order valence-electron chi connectivity index (χ4n) is 5.13. The number of rotatable bonds is 7. The average Bonchev–Trinajstić information content (AvgIpc) is 2.99. The largest absolute Gasteiger partial charge is 0.486 e. The van der Waals surface area contributed by atoms with Crippen LogP contribution in [0.5, 0.6) is 11.5 Å². The summed E-state index contributed by atoms with van der Waals surface area (Å²) in [5.41, 5.74) is 0.860. The highest BCUT2D eigenvalue weighted by atomic mass is 35.5. The van der Waals surface area contributed by atoms with Gasteiger partial charge in [-0.05, 0) is 30.3 Å². The molecule has 13 nitrogen and oxygen atoms in total. The van der Waals surface area contributed by atoms with Crippen molar-refractivity contribution in [2.45, 2.75) is 51.4 Å². The van der Waals surface area contributed by atoms with Gasteiger partial charge in [0.05, 0.1) is 17.6 Å². The van der Waals surface area contributed by atoms with E-state index in [9.17, 15) is 19.2 Å². The van der Waals surface area contributed by atoms with Crippen LogP contribution >= 0.6 is 11.6 Å². The minimum Gasteiger partial charge on any atom is -0.486 e. The third-order valence-electron chi connectivity index (χ3n) is 6.81. The minimum atomic E-state index is -1.62. The summed E-state index contributed by atoms with van der Waals surface area (Å²) in [5.74, 6) is -2.14. The maximum Gasteiger partial charge on any atom is 0.339 e. The van der Waals surface area contributed by atoms with Gasteiger partial charge in [-0.1, -0.05) is 23.7 Å². The first-order valence-corrected chi connectivity index (χ1v) is 13.9. The summed E-state index contributed by atoms with van der Waals surface area (Å²) in [6, 6.07) is 13.8. The second-order valence-electron chi connectivity index (χ2n) is 9.87. The molecule has 0 radical (unpaired) electrons. The maximum absolute atomic E-state index is 13.1. The first-order valence-electron chi connectivity index (χ1n) is 13.6. The number of hydrogen-bond acceptors (Lipinski definition) is 13. The number of ether oxygens (including phenoxy) is 7. The molecule has 2 aliphatic heterocycles. The molecule has 0 amide bonds. The number of benzene rings is 2. The average molecular weight is 629 g/mol. The van der Waals surface area contributed by atoms with Gasteiger partial charge in [-0.3, -0.25) is 19.3 Å². The number of carbonyl (C=O) groups is 4. The summed E-state index contributed by atoms with van der Waals surface area (Å²) >= 11 is 6.50. The van der Waals surface area contributed by atoms with Gasteiger partial charge in [0.15, 0.2) is 42.1 Å². The number of halogens is 1. The maximum atomic E-state index is 13.1. The summed E-state index contributed by atoms with van der Waals surface area (Å²) in [7, 11) is 1.12. The number of aromatic nitrogens is 1. The van der Waals surface area contributed by atoms with E-state index >= 15 is 0 Å². The molecular weight excluding hydrogens is 600 g/mol. The van der Waals surface area contributed by atoms with Gasteiger partial charge in [0.25, 0.3) is 0 Å². The number of carbonyl (C=O) groups excluding carboxylic acids is 4. The van der Waals surface area contributed by atoms with Gasteiger partial charge in [-0.2, -0.15) is 0 Å². The molecule has 0 spiro atoms. The zero-order chi connectivity index (χ0) is 31.5. The predicted molar refractivity (Wildman–Crippen MR) is 154 cm³/mol. The van der Waals surface area contributed by atoms with Crippen molar-refractivity contribution in [2.75, 3.05) is 25.2 Å². The normalized spacial score (nSPS) is 22.4. The molecule has 1 aromatic heterocycles. The minimum absolute atomic E-state index is 0.251. The summed E-state index contributed by atoms with van der Waals surface area (Å²) in [6.07, 6.45) is -7.53. The fourth-order valence-corrected chi connectivity index (χ4v) is 5.35. The molecule has 1 saturated heterocycles. The second-order valence-corrected chi connectivity index (χ2v) is 10.3. The first kappa shape index (κ1) is 30.8. The molecule has 232 valence electrons. The van der Waals surface area contributed by atoms with Crippen molar-refractivity contribution in [3.05, 3.63) is 53.6 Å². The Morgan fingerprint density at radius 3 is 2.18 bits per heavy atom. The van der Waals surface area contributed by atoms with Crippen LogP contribution in [0.1, 0.15) is 20.8 Å². The fraction of sp³-hybridized carbons (Fsp3) is 0.367. The number of para-hydroxylation sites is 1. The van der Waals surface area contributed by atoms with Crippen LogP contribution in [-0.4, -0.2) is 79.8 Å². The van der Waals surface area contributed by atoms with Crippen molar-refractivity contribution < 1.29 is 52.3 Å². The quantitative estimate of drug-likeness (QED) is 0.278. The Kier molecular flexibility index (Phi) is 9.06. The molecular formula is C30H29ClN2O11. The van der Waals surface area contributed by atoms with Crippen LogP contribution in [0.4, 0.5) is 11.5 Å². The van der Waals surface area contributed by atoms with Crippen molar-refractivity contribution >= 4 is 57.9 Å². The van der Waals surface area contributed by atoms with Crippen molar-refractivity contribution in [1.82, 2.24) is 4.98 Å². The Bertz CT molecular complexity index is 1600. The molecule has 5 rings (SSSR count). The van der Waals surface area contributed by atoms with Crippen LogP contribution in [0.25, 0.3) is 10.9 Å². The van der Waals surface area contributed by atoms with E-state index in [0.29, 0.717) is 40.9 Å². The monoisotopic (exact) mass is 628 g/mol. The lowest BCUT2D eigenvalue weighted by Gasteiger charge is -2.47. The molecule has 44 heavy (non-hydrogen) atoms. The highest BCUT2D eigenvalue weighted by Crippen LogP contribution is 2.41. The molecule has 0 N–H and O–H groups in total. The number of methoxy groups -OCH3 is 1. The summed E-state index contributed by atoms with van der Waals surface area (Å²) in [4.78, 5) is 56.4. The van der Waals surface area contributed by atoms with Crippen LogP contribution in [0.2, 0.25) is 5.02 Å². The smallest absolute Gasteiger partial charge is 0.339 e.